The molecule has 0 spiro atoms. The molecule has 1 atom stereocenters. The summed E-state index contributed by atoms with van der Waals surface area (Å²) in [6.07, 6.45) is 0.349. The molecule has 0 aromatic heterocycles. The van der Waals surface area contributed by atoms with Crippen molar-refractivity contribution < 1.29 is 14.7 Å². The molecule has 1 unspecified atom stereocenters. The SMILES string of the molecule is CCC(SC#N)C(=O)C(=NNc1ccc(Br)cc1)C(=O)O. The van der Waals surface area contributed by atoms with Gasteiger partial charge in [0.25, 0.3) is 0 Å². The lowest BCUT2D eigenvalue weighted by Gasteiger charge is -2.09. The number of aliphatic carboxylic acids is 1. The molecule has 0 saturated heterocycles. The van der Waals surface area contributed by atoms with Gasteiger partial charge in [0, 0.05) is 4.47 Å². The number of nitrogens with zero attached hydrogens (tertiary/aromatic N) is 2. The van der Waals surface area contributed by atoms with Crippen molar-refractivity contribution in [2.24, 2.45) is 5.10 Å². The van der Waals surface area contributed by atoms with Crippen LogP contribution in [-0.4, -0.2) is 27.8 Å². The van der Waals surface area contributed by atoms with Crippen molar-refractivity contribution in [3.63, 3.8) is 0 Å². The van der Waals surface area contributed by atoms with Crippen LogP contribution >= 0.6 is 27.7 Å². The molecule has 1 rings (SSSR count). The van der Waals surface area contributed by atoms with Crippen molar-refractivity contribution in [3.05, 3.63) is 28.7 Å². The number of Topliss-reactive ketones (excluding diaryl/α,β-unsaturated/α-hetero) is 1. The van der Waals surface area contributed by atoms with E-state index in [0.29, 0.717) is 12.1 Å². The number of hydrogen-bond acceptors (Lipinski definition) is 6. The molecule has 0 aliphatic heterocycles. The van der Waals surface area contributed by atoms with Crippen LogP contribution in [-0.2, 0) is 9.59 Å². The summed E-state index contributed by atoms with van der Waals surface area (Å²) in [6.45, 7) is 1.70. The number of benzene rings is 1. The molecular formula is C13H12BrN3O3S. The van der Waals surface area contributed by atoms with E-state index in [4.69, 9.17) is 10.4 Å². The highest BCUT2D eigenvalue weighted by molar-refractivity contribution is 9.10. The van der Waals surface area contributed by atoms with Gasteiger partial charge in [-0.25, -0.2) is 4.79 Å². The molecule has 1 aromatic carbocycles. The second-order valence-electron chi connectivity index (χ2n) is 3.85. The molecule has 0 saturated carbocycles. The van der Waals surface area contributed by atoms with Crippen molar-refractivity contribution in [2.75, 3.05) is 5.43 Å². The number of carbonyl (C=O) groups is 2. The van der Waals surface area contributed by atoms with Gasteiger partial charge in [-0.15, -0.1) is 0 Å². The summed E-state index contributed by atoms with van der Waals surface area (Å²) < 4.78 is 0.864. The molecule has 1 aromatic rings. The Morgan fingerprint density at radius 1 is 1.48 bits per heavy atom. The number of carbonyl (C=O) groups excluding carboxylic acids is 1. The Morgan fingerprint density at radius 2 is 2.10 bits per heavy atom. The number of hydrazone groups is 1. The third kappa shape index (κ3) is 5.21. The molecular weight excluding hydrogens is 358 g/mol. The number of hydrogen-bond donors (Lipinski definition) is 2. The van der Waals surface area contributed by atoms with E-state index < -0.39 is 22.7 Å². The number of carboxylic acid groups (broad SMARTS) is 1. The number of nitriles is 1. The first kappa shape index (κ1) is 17.2. The van der Waals surface area contributed by atoms with E-state index in [0.717, 1.165) is 16.2 Å². The third-order valence-electron chi connectivity index (χ3n) is 2.44. The first-order valence-electron chi connectivity index (χ1n) is 5.91. The van der Waals surface area contributed by atoms with Crippen LogP contribution in [0.15, 0.2) is 33.8 Å². The van der Waals surface area contributed by atoms with Gasteiger partial charge in [0.15, 0.2) is 0 Å². The van der Waals surface area contributed by atoms with E-state index in [1.807, 2.05) is 0 Å². The lowest BCUT2D eigenvalue weighted by Crippen LogP contribution is -2.32. The summed E-state index contributed by atoms with van der Waals surface area (Å²) in [6, 6.07) is 6.86. The smallest absolute Gasteiger partial charge is 0.360 e. The first-order chi connectivity index (χ1) is 9.99. The fourth-order valence-electron chi connectivity index (χ4n) is 1.39. The van der Waals surface area contributed by atoms with Crippen molar-refractivity contribution in [1.29, 1.82) is 5.26 Å². The van der Waals surface area contributed by atoms with Gasteiger partial charge in [-0.3, -0.25) is 10.2 Å². The Kier molecular flexibility index (Phi) is 6.91. The van der Waals surface area contributed by atoms with E-state index in [1.165, 1.54) is 0 Å². The molecule has 110 valence electrons. The molecule has 8 heteroatoms. The maximum Gasteiger partial charge on any atom is 0.360 e. The van der Waals surface area contributed by atoms with Crippen LogP contribution in [0.1, 0.15) is 13.3 Å². The minimum absolute atomic E-state index is 0.349. The Balaban J connectivity index is 2.93. The second-order valence-corrected chi connectivity index (χ2v) is 5.76. The Morgan fingerprint density at radius 3 is 2.57 bits per heavy atom. The Labute approximate surface area is 134 Å². The zero-order valence-corrected chi connectivity index (χ0v) is 13.4. The van der Waals surface area contributed by atoms with Crippen LogP contribution in [0.3, 0.4) is 0 Å². The zero-order chi connectivity index (χ0) is 15.8. The maximum atomic E-state index is 12.1. The first-order valence-corrected chi connectivity index (χ1v) is 7.58. The molecule has 2 N–H and O–H groups in total. The topological polar surface area (TPSA) is 103 Å². The fourth-order valence-corrected chi connectivity index (χ4v) is 2.17. The summed E-state index contributed by atoms with van der Waals surface area (Å²) in [4.78, 5) is 23.2. The number of anilines is 1. The number of rotatable bonds is 7. The molecule has 0 aliphatic rings. The molecule has 0 bridgehead atoms. The lowest BCUT2D eigenvalue weighted by molar-refractivity contribution is -0.130. The predicted molar refractivity (Wildman–Crippen MR) is 85.1 cm³/mol. The molecule has 0 radical (unpaired) electrons. The van der Waals surface area contributed by atoms with E-state index in [-0.39, 0.29) is 0 Å². The fraction of sp³-hybridized carbons (Fsp3) is 0.231. The highest BCUT2D eigenvalue weighted by Gasteiger charge is 2.27. The van der Waals surface area contributed by atoms with Crippen molar-refractivity contribution in [2.45, 2.75) is 18.6 Å². The minimum Gasteiger partial charge on any atom is -0.476 e. The van der Waals surface area contributed by atoms with Crippen LogP contribution in [0.5, 0.6) is 0 Å². The van der Waals surface area contributed by atoms with Gasteiger partial charge >= 0.3 is 5.97 Å². The number of ketones is 1. The zero-order valence-electron chi connectivity index (χ0n) is 11.0. The summed E-state index contributed by atoms with van der Waals surface area (Å²) >= 11 is 4.00. The van der Waals surface area contributed by atoms with Crippen LogP contribution in [0.2, 0.25) is 0 Å². The molecule has 0 aliphatic carbocycles. The monoisotopic (exact) mass is 369 g/mol. The number of nitrogens with one attached hydrogen (secondary N) is 1. The van der Waals surface area contributed by atoms with Gasteiger partial charge in [0.2, 0.25) is 11.5 Å². The quantitative estimate of drug-likeness (QED) is 0.331. The molecule has 21 heavy (non-hydrogen) atoms. The van der Waals surface area contributed by atoms with Gasteiger partial charge in [-0.1, -0.05) is 22.9 Å². The summed E-state index contributed by atoms with van der Waals surface area (Å²) in [5.41, 5.74) is 2.46. The number of thiocyanates is 1. The highest BCUT2D eigenvalue weighted by atomic mass is 79.9. The summed E-state index contributed by atoms with van der Waals surface area (Å²) in [5.74, 6) is -2.11. The number of carboxylic acids is 1. The predicted octanol–water partition coefficient (Wildman–Crippen LogP) is 2.86. The van der Waals surface area contributed by atoms with E-state index in [9.17, 15) is 9.59 Å². The summed E-state index contributed by atoms with van der Waals surface area (Å²) in [5, 5.41) is 22.4. The summed E-state index contributed by atoms with van der Waals surface area (Å²) in [7, 11) is 0. The van der Waals surface area contributed by atoms with E-state index in [2.05, 4.69) is 26.5 Å². The molecule has 0 fully saturated rings. The van der Waals surface area contributed by atoms with Gasteiger partial charge < -0.3 is 5.11 Å². The number of halogens is 1. The van der Waals surface area contributed by atoms with Crippen molar-refractivity contribution in [1.82, 2.24) is 0 Å². The van der Waals surface area contributed by atoms with Gasteiger partial charge in [0.05, 0.1) is 10.9 Å². The minimum atomic E-state index is -1.43. The second kappa shape index (κ2) is 8.44. The van der Waals surface area contributed by atoms with Crippen molar-refractivity contribution >= 4 is 50.8 Å². The molecule has 6 nitrogen and oxygen atoms in total. The van der Waals surface area contributed by atoms with Crippen LogP contribution in [0.4, 0.5) is 5.69 Å². The van der Waals surface area contributed by atoms with Gasteiger partial charge in [-0.2, -0.15) is 10.4 Å². The van der Waals surface area contributed by atoms with E-state index >= 15 is 0 Å². The largest absolute Gasteiger partial charge is 0.476 e. The van der Waals surface area contributed by atoms with Crippen LogP contribution in [0, 0.1) is 10.7 Å². The standard InChI is InChI=1S/C13H12BrN3O3S/c1-2-10(21-7-15)12(18)11(13(19)20)17-16-9-5-3-8(14)4-6-9/h3-6,10,16H,2H2,1H3,(H,19,20). The van der Waals surface area contributed by atoms with Crippen molar-refractivity contribution in [3.8, 4) is 5.40 Å². The van der Waals surface area contributed by atoms with Gasteiger partial charge in [0.1, 0.15) is 5.40 Å². The Bertz CT molecular complexity index is 596. The van der Waals surface area contributed by atoms with E-state index in [1.54, 1.807) is 36.6 Å². The normalized spacial score (nSPS) is 12.3. The van der Waals surface area contributed by atoms with Gasteiger partial charge in [-0.05, 0) is 42.4 Å². The van der Waals surface area contributed by atoms with Crippen LogP contribution in [0.25, 0.3) is 0 Å². The number of thioether (sulfide) groups is 1. The lowest BCUT2D eigenvalue weighted by atomic mass is 10.1. The maximum absolute atomic E-state index is 12.1. The average molecular weight is 370 g/mol. The highest BCUT2D eigenvalue weighted by Crippen LogP contribution is 2.16. The molecule has 0 heterocycles. The average Bonchev–Trinajstić information content (AvgIpc) is 2.46. The Hall–Kier alpha value is -1.85. The molecule has 0 amide bonds. The van der Waals surface area contributed by atoms with Crippen LogP contribution < -0.4 is 5.43 Å². The third-order valence-corrected chi connectivity index (χ3v) is 3.90.